The molecule has 0 aliphatic rings. The van der Waals surface area contributed by atoms with Crippen molar-refractivity contribution in [3.8, 4) is 0 Å². The van der Waals surface area contributed by atoms with Crippen molar-refractivity contribution < 1.29 is 0 Å². The smallest absolute Gasteiger partial charge is 0.261 e. The number of hydrogen-bond donors (Lipinski definition) is 0. The first-order valence-electron chi connectivity index (χ1n) is 7.59. The van der Waals surface area contributed by atoms with Crippen LogP contribution in [0.15, 0.2) is 58.1 Å². The molecular formula is C19H19BrN2O. The summed E-state index contributed by atoms with van der Waals surface area (Å²) in [5.41, 5.74) is 3.21. The van der Waals surface area contributed by atoms with Gasteiger partial charge < -0.3 is 0 Å². The fourth-order valence-corrected chi connectivity index (χ4v) is 2.91. The van der Waals surface area contributed by atoms with E-state index in [2.05, 4.69) is 66.0 Å². The van der Waals surface area contributed by atoms with Crippen LogP contribution >= 0.6 is 15.9 Å². The molecule has 0 aliphatic carbocycles. The van der Waals surface area contributed by atoms with Crippen LogP contribution in [0.25, 0.3) is 10.9 Å². The second-order valence-corrected chi connectivity index (χ2v) is 7.70. The lowest BCUT2D eigenvalue weighted by atomic mass is 9.87. The van der Waals surface area contributed by atoms with Crippen molar-refractivity contribution in [2.75, 3.05) is 0 Å². The highest BCUT2D eigenvalue weighted by Crippen LogP contribution is 2.22. The first-order chi connectivity index (χ1) is 10.8. The molecule has 118 valence electrons. The topological polar surface area (TPSA) is 34.9 Å². The maximum Gasteiger partial charge on any atom is 0.261 e. The second-order valence-electron chi connectivity index (χ2n) is 6.79. The van der Waals surface area contributed by atoms with Gasteiger partial charge in [-0.2, -0.15) is 0 Å². The molecule has 3 nitrogen and oxygen atoms in total. The Morgan fingerprint density at radius 1 is 1.09 bits per heavy atom. The highest BCUT2D eigenvalue weighted by atomic mass is 79.9. The second kappa shape index (κ2) is 5.93. The molecule has 1 heterocycles. The van der Waals surface area contributed by atoms with E-state index < -0.39 is 0 Å². The molecule has 0 amide bonds. The van der Waals surface area contributed by atoms with Gasteiger partial charge in [0.2, 0.25) is 0 Å². The molecule has 0 radical (unpaired) electrons. The third-order valence-corrected chi connectivity index (χ3v) is 4.45. The summed E-state index contributed by atoms with van der Waals surface area (Å²) < 4.78 is 2.54. The molecule has 3 rings (SSSR count). The highest BCUT2D eigenvalue weighted by molar-refractivity contribution is 9.10. The summed E-state index contributed by atoms with van der Waals surface area (Å²) in [6.07, 6.45) is 1.62. The molecule has 0 unspecified atom stereocenters. The van der Waals surface area contributed by atoms with Gasteiger partial charge >= 0.3 is 0 Å². The summed E-state index contributed by atoms with van der Waals surface area (Å²) in [6.45, 7) is 7.10. The van der Waals surface area contributed by atoms with E-state index in [9.17, 15) is 4.79 Å². The fraction of sp³-hybridized carbons (Fsp3) is 0.263. The van der Waals surface area contributed by atoms with Crippen LogP contribution in [0.3, 0.4) is 0 Å². The Hall–Kier alpha value is -1.94. The number of nitrogens with zero attached hydrogens (tertiary/aromatic N) is 2. The van der Waals surface area contributed by atoms with Crippen LogP contribution in [0, 0.1) is 0 Å². The third kappa shape index (κ3) is 3.37. The minimum Gasteiger partial charge on any atom is -0.294 e. The SMILES string of the molecule is CC(C)(C)c1ccc(Cn2cnc3ccc(Br)cc3c2=O)cc1. The molecule has 0 bridgehead atoms. The van der Waals surface area contributed by atoms with Crippen LogP contribution in [0.4, 0.5) is 0 Å². The van der Waals surface area contributed by atoms with Crippen molar-refractivity contribution in [1.82, 2.24) is 9.55 Å². The molecule has 0 saturated carbocycles. The molecular weight excluding hydrogens is 352 g/mol. The monoisotopic (exact) mass is 370 g/mol. The number of hydrogen-bond acceptors (Lipinski definition) is 2. The molecule has 0 aliphatic heterocycles. The molecule has 1 aromatic heterocycles. The Balaban J connectivity index is 1.95. The van der Waals surface area contributed by atoms with E-state index in [4.69, 9.17) is 0 Å². The van der Waals surface area contributed by atoms with Gasteiger partial charge in [-0.3, -0.25) is 9.36 Å². The van der Waals surface area contributed by atoms with E-state index >= 15 is 0 Å². The highest BCUT2D eigenvalue weighted by Gasteiger charge is 2.13. The molecule has 0 N–H and O–H groups in total. The standard InChI is InChI=1S/C19H19BrN2O/c1-19(2,3)14-6-4-13(5-7-14)11-22-12-21-17-9-8-15(20)10-16(17)18(22)23/h4-10,12H,11H2,1-3H3. The van der Waals surface area contributed by atoms with E-state index in [0.29, 0.717) is 11.9 Å². The van der Waals surface area contributed by atoms with Crippen LogP contribution in [0.5, 0.6) is 0 Å². The molecule has 4 heteroatoms. The lowest BCUT2D eigenvalue weighted by molar-refractivity contribution is 0.589. The van der Waals surface area contributed by atoms with Gasteiger partial charge in [0.1, 0.15) is 0 Å². The summed E-state index contributed by atoms with van der Waals surface area (Å²) in [4.78, 5) is 17.0. The molecule has 0 atom stereocenters. The molecule has 0 spiro atoms. The fourth-order valence-electron chi connectivity index (χ4n) is 2.55. The van der Waals surface area contributed by atoms with Crippen LogP contribution in [0.1, 0.15) is 31.9 Å². The number of halogens is 1. The van der Waals surface area contributed by atoms with Gasteiger partial charge in [-0.15, -0.1) is 0 Å². The summed E-state index contributed by atoms with van der Waals surface area (Å²) >= 11 is 3.41. The quantitative estimate of drug-likeness (QED) is 0.665. The predicted molar refractivity (Wildman–Crippen MR) is 97.9 cm³/mol. The van der Waals surface area contributed by atoms with E-state index in [1.54, 1.807) is 10.9 Å². The third-order valence-electron chi connectivity index (χ3n) is 3.96. The summed E-state index contributed by atoms with van der Waals surface area (Å²) in [6, 6.07) is 14.0. The minimum absolute atomic E-state index is 0.0174. The minimum atomic E-state index is -0.0174. The van der Waals surface area contributed by atoms with E-state index in [1.807, 2.05) is 18.2 Å². The Bertz CT molecular complexity index is 905. The average molecular weight is 371 g/mol. The summed E-state index contributed by atoms with van der Waals surface area (Å²) in [5, 5.41) is 0.633. The van der Waals surface area contributed by atoms with Crippen molar-refractivity contribution in [3.63, 3.8) is 0 Å². The molecule has 0 fully saturated rings. The maximum atomic E-state index is 12.6. The molecule has 3 aromatic rings. The lowest BCUT2D eigenvalue weighted by Crippen LogP contribution is -2.21. The normalized spacial score (nSPS) is 11.8. The molecule has 23 heavy (non-hydrogen) atoms. The molecule has 2 aromatic carbocycles. The Labute approximate surface area is 144 Å². The number of rotatable bonds is 2. The van der Waals surface area contributed by atoms with Crippen LogP contribution in [-0.4, -0.2) is 9.55 Å². The first-order valence-corrected chi connectivity index (χ1v) is 8.38. The lowest BCUT2D eigenvalue weighted by Gasteiger charge is -2.19. The van der Waals surface area contributed by atoms with Crippen molar-refractivity contribution in [2.24, 2.45) is 0 Å². The zero-order valence-corrected chi connectivity index (χ0v) is 15.1. The molecule has 0 saturated heterocycles. The number of benzene rings is 2. The average Bonchev–Trinajstić information content (AvgIpc) is 2.50. The van der Waals surface area contributed by atoms with E-state index in [-0.39, 0.29) is 11.0 Å². The Morgan fingerprint density at radius 2 is 1.78 bits per heavy atom. The predicted octanol–water partition coefficient (Wildman–Crippen LogP) is 4.50. The maximum absolute atomic E-state index is 12.6. The van der Waals surface area contributed by atoms with Crippen LogP contribution < -0.4 is 5.56 Å². The van der Waals surface area contributed by atoms with Gasteiger partial charge in [-0.05, 0) is 34.7 Å². The van der Waals surface area contributed by atoms with Gasteiger partial charge in [0.05, 0.1) is 23.8 Å². The van der Waals surface area contributed by atoms with Gasteiger partial charge in [0, 0.05) is 4.47 Å². The zero-order valence-electron chi connectivity index (χ0n) is 13.5. The summed E-state index contributed by atoms with van der Waals surface area (Å²) in [5.74, 6) is 0. The van der Waals surface area contributed by atoms with Crippen molar-refractivity contribution >= 4 is 26.8 Å². The van der Waals surface area contributed by atoms with Crippen molar-refractivity contribution in [2.45, 2.75) is 32.7 Å². The largest absolute Gasteiger partial charge is 0.294 e. The van der Waals surface area contributed by atoms with Crippen LogP contribution in [-0.2, 0) is 12.0 Å². The van der Waals surface area contributed by atoms with Crippen molar-refractivity contribution in [1.29, 1.82) is 0 Å². The van der Waals surface area contributed by atoms with Crippen LogP contribution in [0.2, 0.25) is 0 Å². The van der Waals surface area contributed by atoms with Gasteiger partial charge in [0.25, 0.3) is 5.56 Å². The van der Waals surface area contributed by atoms with Gasteiger partial charge in [0.15, 0.2) is 0 Å². The Morgan fingerprint density at radius 3 is 2.43 bits per heavy atom. The van der Waals surface area contributed by atoms with Gasteiger partial charge in [-0.25, -0.2) is 4.98 Å². The first kappa shape index (κ1) is 15.9. The zero-order chi connectivity index (χ0) is 16.6. The van der Waals surface area contributed by atoms with Crippen molar-refractivity contribution in [3.05, 3.63) is 74.7 Å². The van der Waals surface area contributed by atoms with E-state index in [1.165, 1.54) is 5.56 Å². The number of fused-ring (bicyclic) bond motifs is 1. The summed E-state index contributed by atoms with van der Waals surface area (Å²) in [7, 11) is 0. The van der Waals surface area contributed by atoms with E-state index in [0.717, 1.165) is 15.6 Å². The van der Waals surface area contributed by atoms with Gasteiger partial charge in [-0.1, -0.05) is 61.0 Å². The number of aromatic nitrogens is 2. The Kier molecular flexibility index (Phi) is 4.11.